The molecule has 1 amide bonds. The number of hydrogen-bond donors (Lipinski definition) is 1. The number of piperidine rings is 1. The van der Waals surface area contributed by atoms with Crippen molar-refractivity contribution in [3.05, 3.63) is 46.7 Å². The molecule has 5 nitrogen and oxygen atoms in total. The Morgan fingerprint density at radius 2 is 2.17 bits per heavy atom. The molecule has 1 aromatic heterocycles. The third-order valence-corrected chi connectivity index (χ3v) is 5.15. The van der Waals surface area contributed by atoms with Gasteiger partial charge in [-0.1, -0.05) is 30.7 Å². The lowest BCUT2D eigenvalue weighted by molar-refractivity contribution is 0.0573. The van der Waals surface area contributed by atoms with Crippen molar-refractivity contribution in [2.45, 2.75) is 32.7 Å². The summed E-state index contributed by atoms with van der Waals surface area (Å²) in [4.78, 5) is 14.9. The van der Waals surface area contributed by atoms with Crippen LogP contribution in [0.3, 0.4) is 0 Å². The highest BCUT2D eigenvalue weighted by molar-refractivity contribution is 6.32. The molecule has 6 heteroatoms. The van der Waals surface area contributed by atoms with Gasteiger partial charge in [-0.05, 0) is 37.8 Å². The molecule has 1 aliphatic heterocycles. The van der Waals surface area contributed by atoms with Gasteiger partial charge in [0.15, 0.2) is 0 Å². The second-order valence-electron chi connectivity index (χ2n) is 6.52. The topological polar surface area (TPSA) is 64.2 Å². The van der Waals surface area contributed by atoms with Crippen molar-refractivity contribution in [3.8, 4) is 5.69 Å². The lowest BCUT2D eigenvalue weighted by Gasteiger charge is -2.38. The summed E-state index contributed by atoms with van der Waals surface area (Å²) in [6.07, 6.45) is 3.60. The van der Waals surface area contributed by atoms with E-state index in [0.29, 0.717) is 23.0 Å². The van der Waals surface area contributed by atoms with Crippen LogP contribution in [0.1, 0.15) is 35.8 Å². The predicted octanol–water partition coefficient (Wildman–Crippen LogP) is 3.03. The first-order valence-electron chi connectivity index (χ1n) is 8.33. The van der Waals surface area contributed by atoms with Crippen LogP contribution in [0.15, 0.2) is 30.5 Å². The van der Waals surface area contributed by atoms with Crippen molar-refractivity contribution < 1.29 is 4.79 Å². The first kappa shape index (κ1) is 17.0. The summed E-state index contributed by atoms with van der Waals surface area (Å²) in [5.74, 6) is 0.614. The predicted molar refractivity (Wildman–Crippen MR) is 95.6 cm³/mol. The van der Waals surface area contributed by atoms with E-state index in [0.717, 1.165) is 30.8 Å². The zero-order chi connectivity index (χ0) is 17.3. The van der Waals surface area contributed by atoms with Crippen molar-refractivity contribution >= 4 is 17.5 Å². The molecule has 2 atom stereocenters. The minimum atomic E-state index is 0.00755. The van der Waals surface area contributed by atoms with Crippen LogP contribution < -0.4 is 5.73 Å². The zero-order valence-corrected chi connectivity index (χ0v) is 14.8. The first-order valence-corrected chi connectivity index (χ1v) is 8.71. The first-order chi connectivity index (χ1) is 11.5. The van der Waals surface area contributed by atoms with Crippen LogP contribution in [0.2, 0.25) is 5.02 Å². The van der Waals surface area contributed by atoms with Crippen molar-refractivity contribution in [2.75, 3.05) is 13.1 Å². The average Bonchev–Trinajstić information content (AvgIpc) is 2.96. The van der Waals surface area contributed by atoms with Crippen LogP contribution in [-0.4, -0.2) is 39.7 Å². The maximum Gasteiger partial charge on any atom is 0.257 e. The van der Waals surface area contributed by atoms with Crippen LogP contribution in [0.5, 0.6) is 0 Å². The summed E-state index contributed by atoms with van der Waals surface area (Å²) in [5.41, 5.74) is 8.08. The molecule has 0 bridgehead atoms. The monoisotopic (exact) mass is 346 g/mol. The molecule has 2 N–H and O–H groups in total. The van der Waals surface area contributed by atoms with E-state index in [2.05, 4.69) is 12.0 Å². The summed E-state index contributed by atoms with van der Waals surface area (Å²) < 4.78 is 1.72. The lowest BCUT2D eigenvalue weighted by Crippen LogP contribution is -2.49. The molecule has 0 saturated carbocycles. The molecule has 0 spiro atoms. The number of hydrogen-bond acceptors (Lipinski definition) is 3. The van der Waals surface area contributed by atoms with E-state index in [1.54, 1.807) is 10.9 Å². The number of nitrogens with two attached hydrogens (primary N) is 1. The number of benzene rings is 1. The Morgan fingerprint density at radius 1 is 1.42 bits per heavy atom. The zero-order valence-electron chi connectivity index (χ0n) is 14.1. The highest BCUT2D eigenvalue weighted by Crippen LogP contribution is 2.26. The van der Waals surface area contributed by atoms with Gasteiger partial charge in [0.2, 0.25) is 0 Å². The van der Waals surface area contributed by atoms with Crippen molar-refractivity contribution in [1.82, 2.24) is 14.7 Å². The van der Waals surface area contributed by atoms with E-state index in [-0.39, 0.29) is 11.9 Å². The van der Waals surface area contributed by atoms with Gasteiger partial charge < -0.3 is 10.6 Å². The smallest absolute Gasteiger partial charge is 0.257 e. The maximum atomic E-state index is 13.0. The Bertz CT molecular complexity index is 742. The molecule has 128 valence electrons. The standard InChI is InChI=1S/C18H23ClN4O/c1-12-7-8-22(14(9-12)10-20)18(24)15-11-21-23(13(15)2)17-6-4-3-5-16(17)19/h3-6,11-12,14H,7-10,20H2,1-2H3. The highest BCUT2D eigenvalue weighted by atomic mass is 35.5. The van der Waals surface area contributed by atoms with Gasteiger partial charge in [0.05, 0.1) is 28.2 Å². The van der Waals surface area contributed by atoms with Gasteiger partial charge in [-0.3, -0.25) is 4.79 Å². The number of para-hydroxylation sites is 1. The molecule has 2 aromatic rings. The van der Waals surface area contributed by atoms with Crippen LogP contribution in [0.4, 0.5) is 0 Å². The minimum absolute atomic E-state index is 0.00755. The van der Waals surface area contributed by atoms with E-state index < -0.39 is 0 Å². The molecule has 3 rings (SSSR count). The van der Waals surface area contributed by atoms with Gasteiger partial charge in [-0.15, -0.1) is 0 Å². The maximum absolute atomic E-state index is 13.0. The fourth-order valence-electron chi connectivity index (χ4n) is 3.38. The molecule has 1 fully saturated rings. The van der Waals surface area contributed by atoms with Crippen molar-refractivity contribution in [2.24, 2.45) is 11.7 Å². The Hall–Kier alpha value is -1.85. The van der Waals surface area contributed by atoms with Gasteiger partial charge in [-0.25, -0.2) is 4.68 Å². The van der Waals surface area contributed by atoms with E-state index in [1.165, 1.54) is 0 Å². The molecule has 2 unspecified atom stereocenters. The number of aromatic nitrogens is 2. The summed E-state index contributed by atoms with van der Waals surface area (Å²) in [6.45, 7) is 5.35. The summed E-state index contributed by atoms with van der Waals surface area (Å²) >= 11 is 6.26. The van der Waals surface area contributed by atoms with E-state index in [9.17, 15) is 4.79 Å². The molecule has 1 aromatic carbocycles. The van der Waals surface area contributed by atoms with Crippen molar-refractivity contribution in [1.29, 1.82) is 0 Å². The third kappa shape index (κ3) is 3.06. The molecule has 1 saturated heterocycles. The van der Waals surface area contributed by atoms with Crippen molar-refractivity contribution in [3.63, 3.8) is 0 Å². The Labute approximate surface area is 147 Å². The normalized spacial score (nSPS) is 21.1. The third-order valence-electron chi connectivity index (χ3n) is 4.83. The molecule has 1 aliphatic rings. The number of amides is 1. The minimum Gasteiger partial charge on any atom is -0.334 e. The Morgan fingerprint density at radius 3 is 2.88 bits per heavy atom. The molecular weight excluding hydrogens is 324 g/mol. The van der Waals surface area contributed by atoms with Crippen LogP contribution in [0.25, 0.3) is 5.69 Å². The fourth-order valence-corrected chi connectivity index (χ4v) is 3.60. The summed E-state index contributed by atoms with van der Waals surface area (Å²) in [5, 5.41) is 4.99. The number of halogens is 1. The Balaban J connectivity index is 1.91. The number of carbonyl (C=O) groups excluding carboxylic acids is 1. The Kier molecular flexibility index (Phi) is 4.92. The van der Waals surface area contributed by atoms with E-state index >= 15 is 0 Å². The van der Waals surface area contributed by atoms with Gasteiger partial charge in [0, 0.05) is 19.1 Å². The SMILES string of the molecule is Cc1c(C(=O)N2CCC(C)CC2CN)cnn1-c1ccccc1Cl. The highest BCUT2D eigenvalue weighted by Gasteiger charge is 2.31. The molecular formula is C18H23ClN4O. The number of likely N-dealkylation sites (tertiary alicyclic amines) is 1. The van der Waals surface area contributed by atoms with Crippen LogP contribution in [-0.2, 0) is 0 Å². The largest absolute Gasteiger partial charge is 0.334 e. The van der Waals surface area contributed by atoms with Crippen LogP contribution in [0, 0.1) is 12.8 Å². The van der Waals surface area contributed by atoms with E-state index in [4.69, 9.17) is 17.3 Å². The quantitative estimate of drug-likeness (QED) is 0.929. The molecule has 0 aliphatic carbocycles. The van der Waals surface area contributed by atoms with Gasteiger partial charge in [0.1, 0.15) is 0 Å². The van der Waals surface area contributed by atoms with Crippen LogP contribution >= 0.6 is 11.6 Å². The van der Waals surface area contributed by atoms with E-state index in [1.807, 2.05) is 36.1 Å². The van der Waals surface area contributed by atoms with Gasteiger partial charge >= 0.3 is 0 Å². The number of rotatable bonds is 3. The summed E-state index contributed by atoms with van der Waals surface area (Å²) in [6, 6.07) is 7.58. The molecule has 2 heterocycles. The number of nitrogens with zero attached hydrogens (tertiary/aromatic N) is 3. The molecule has 24 heavy (non-hydrogen) atoms. The fraction of sp³-hybridized carbons (Fsp3) is 0.444. The van der Waals surface area contributed by atoms with Gasteiger partial charge in [-0.2, -0.15) is 5.10 Å². The van der Waals surface area contributed by atoms with Gasteiger partial charge in [0.25, 0.3) is 5.91 Å². The number of carbonyl (C=O) groups is 1. The molecule has 0 radical (unpaired) electrons. The summed E-state index contributed by atoms with van der Waals surface area (Å²) in [7, 11) is 0. The average molecular weight is 347 g/mol. The second-order valence-corrected chi connectivity index (χ2v) is 6.93. The second kappa shape index (κ2) is 6.95. The lowest BCUT2D eigenvalue weighted by atomic mass is 9.92.